The molecule has 0 amide bonds. The molecule has 1 unspecified atom stereocenters. The van der Waals surface area contributed by atoms with Crippen molar-refractivity contribution in [1.82, 2.24) is 9.97 Å². The Kier molecular flexibility index (Phi) is 4.59. The largest absolute Gasteiger partial charge is 0.353 e. The lowest BCUT2D eigenvalue weighted by molar-refractivity contribution is -0.383. The fraction of sp³-hybridized carbons (Fsp3) is 0.412. The molecule has 126 valence electrons. The summed E-state index contributed by atoms with van der Waals surface area (Å²) in [4.78, 5) is 21.6. The Hall–Kier alpha value is -2.70. The number of aryl methyl sites for hydroxylation is 1. The highest BCUT2D eigenvalue weighted by Crippen LogP contribution is 2.35. The number of nitrogens with one attached hydrogen (secondary N) is 1. The number of nitro groups is 1. The van der Waals surface area contributed by atoms with E-state index in [1.807, 2.05) is 36.1 Å². The second kappa shape index (κ2) is 6.82. The average molecular weight is 327 g/mol. The summed E-state index contributed by atoms with van der Waals surface area (Å²) in [5.41, 5.74) is 1.78. The number of hydrogen-bond acceptors (Lipinski definition) is 6. The van der Waals surface area contributed by atoms with Crippen LogP contribution in [0.15, 0.2) is 30.6 Å². The molecule has 1 fully saturated rings. The van der Waals surface area contributed by atoms with E-state index in [9.17, 15) is 10.1 Å². The van der Waals surface area contributed by atoms with Crippen molar-refractivity contribution in [2.45, 2.75) is 26.7 Å². The fourth-order valence-corrected chi connectivity index (χ4v) is 3.10. The highest BCUT2D eigenvalue weighted by Gasteiger charge is 2.29. The van der Waals surface area contributed by atoms with Gasteiger partial charge in [-0.25, -0.2) is 9.97 Å². The van der Waals surface area contributed by atoms with Crippen LogP contribution in [0.2, 0.25) is 0 Å². The van der Waals surface area contributed by atoms with E-state index in [0.717, 1.165) is 37.2 Å². The van der Waals surface area contributed by atoms with Crippen LogP contribution < -0.4 is 10.2 Å². The minimum atomic E-state index is -0.396. The van der Waals surface area contributed by atoms with E-state index >= 15 is 0 Å². The molecule has 1 aromatic heterocycles. The summed E-state index contributed by atoms with van der Waals surface area (Å²) >= 11 is 0. The first-order chi connectivity index (χ1) is 11.5. The summed E-state index contributed by atoms with van der Waals surface area (Å²) in [6.45, 7) is 5.69. The van der Waals surface area contributed by atoms with Gasteiger partial charge in [-0.3, -0.25) is 10.1 Å². The molecule has 1 N–H and O–H groups in total. The van der Waals surface area contributed by atoms with Crippen LogP contribution >= 0.6 is 0 Å². The molecule has 3 rings (SSSR count). The third kappa shape index (κ3) is 3.45. The summed E-state index contributed by atoms with van der Waals surface area (Å²) in [5, 5.41) is 14.7. The van der Waals surface area contributed by atoms with Crippen LogP contribution in [0.4, 0.5) is 23.0 Å². The van der Waals surface area contributed by atoms with E-state index < -0.39 is 4.92 Å². The van der Waals surface area contributed by atoms with Gasteiger partial charge in [-0.15, -0.1) is 0 Å². The Labute approximate surface area is 140 Å². The van der Waals surface area contributed by atoms with Gasteiger partial charge in [0, 0.05) is 18.8 Å². The molecule has 0 aliphatic carbocycles. The molecule has 7 heteroatoms. The van der Waals surface area contributed by atoms with E-state index in [1.165, 1.54) is 6.33 Å². The molecule has 2 aromatic rings. The van der Waals surface area contributed by atoms with Crippen LogP contribution in [0.3, 0.4) is 0 Å². The first-order valence-electron chi connectivity index (χ1n) is 8.12. The zero-order valence-electron chi connectivity index (χ0n) is 13.9. The maximum Gasteiger partial charge on any atom is 0.353 e. The second-order valence-electron chi connectivity index (χ2n) is 6.34. The van der Waals surface area contributed by atoms with Gasteiger partial charge in [0.15, 0.2) is 0 Å². The van der Waals surface area contributed by atoms with E-state index in [0.29, 0.717) is 11.7 Å². The van der Waals surface area contributed by atoms with Crippen LogP contribution in [0, 0.1) is 23.0 Å². The minimum Gasteiger partial charge on any atom is -0.350 e. The lowest BCUT2D eigenvalue weighted by Crippen LogP contribution is -2.35. The highest BCUT2D eigenvalue weighted by atomic mass is 16.6. The molecule has 0 spiro atoms. The molecule has 0 radical (unpaired) electrons. The third-order valence-electron chi connectivity index (χ3n) is 4.22. The minimum absolute atomic E-state index is 0.0619. The van der Waals surface area contributed by atoms with Crippen LogP contribution in [-0.2, 0) is 0 Å². The first kappa shape index (κ1) is 16.2. The molecule has 1 aliphatic rings. The first-order valence-corrected chi connectivity index (χ1v) is 8.12. The number of hydrogen-bond donors (Lipinski definition) is 1. The summed E-state index contributed by atoms with van der Waals surface area (Å²) in [5.74, 6) is 1.13. The van der Waals surface area contributed by atoms with Crippen molar-refractivity contribution in [2.24, 2.45) is 5.92 Å². The van der Waals surface area contributed by atoms with Gasteiger partial charge in [0.2, 0.25) is 11.6 Å². The summed E-state index contributed by atoms with van der Waals surface area (Å²) in [7, 11) is 0. The number of benzene rings is 1. The number of anilines is 3. The molecular weight excluding hydrogens is 306 g/mol. The number of rotatable bonds is 4. The molecule has 0 bridgehead atoms. The van der Waals surface area contributed by atoms with Crippen LogP contribution in [-0.4, -0.2) is 28.0 Å². The smallest absolute Gasteiger partial charge is 0.350 e. The summed E-state index contributed by atoms with van der Waals surface area (Å²) < 4.78 is 0. The molecular formula is C17H21N5O2. The van der Waals surface area contributed by atoms with Gasteiger partial charge in [-0.1, -0.05) is 19.1 Å². The molecule has 7 nitrogen and oxygen atoms in total. The van der Waals surface area contributed by atoms with Crippen molar-refractivity contribution in [2.75, 3.05) is 23.3 Å². The average Bonchev–Trinajstić information content (AvgIpc) is 2.54. The Bertz CT molecular complexity index is 750. The van der Waals surface area contributed by atoms with Gasteiger partial charge in [-0.05, 0) is 43.4 Å². The van der Waals surface area contributed by atoms with E-state index in [4.69, 9.17) is 0 Å². The fourth-order valence-electron chi connectivity index (χ4n) is 3.10. The number of piperidine rings is 1. The van der Waals surface area contributed by atoms with Crippen LogP contribution in [0.1, 0.15) is 25.3 Å². The maximum absolute atomic E-state index is 11.7. The Morgan fingerprint density at radius 1 is 1.38 bits per heavy atom. The number of nitrogens with zero attached hydrogens (tertiary/aromatic N) is 4. The van der Waals surface area contributed by atoms with Crippen molar-refractivity contribution in [3.8, 4) is 0 Å². The molecule has 1 saturated heterocycles. The predicted molar refractivity (Wildman–Crippen MR) is 93.8 cm³/mol. The third-order valence-corrected chi connectivity index (χ3v) is 4.22. The summed E-state index contributed by atoms with van der Waals surface area (Å²) in [6.07, 6.45) is 3.55. The Balaban J connectivity index is 1.97. The zero-order valence-corrected chi connectivity index (χ0v) is 13.9. The van der Waals surface area contributed by atoms with Gasteiger partial charge >= 0.3 is 5.69 Å². The maximum atomic E-state index is 11.7. The van der Waals surface area contributed by atoms with E-state index in [-0.39, 0.29) is 11.5 Å². The zero-order chi connectivity index (χ0) is 17.1. The molecule has 1 atom stereocenters. The predicted octanol–water partition coefficient (Wildman–Crippen LogP) is 3.67. The van der Waals surface area contributed by atoms with E-state index in [2.05, 4.69) is 22.2 Å². The monoisotopic (exact) mass is 327 g/mol. The SMILES string of the molecule is Cc1cccc(Nc2ncnc(N3CCCC(C)C3)c2[N+](=O)[O-])c1. The second-order valence-corrected chi connectivity index (χ2v) is 6.34. The molecule has 24 heavy (non-hydrogen) atoms. The molecule has 0 saturated carbocycles. The Morgan fingerprint density at radius 3 is 2.92 bits per heavy atom. The topological polar surface area (TPSA) is 84.2 Å². The van der Waals surface area contributed by atoms with Crippen molar-refractivity contribution in [3.05, 3.63) is 46.3 Å². The van der Waals surface area contributed by atoms with Gasteiger partial charge in [-0.2, -0.15) is 0 Å². The van der Waals surface area contributed by atoms with Crippen molar-refractivity contribution in [3.63, 3.8) is 0 Å². The Morgan fingerprint density at radius 2 is 2.21 bits per heavy atom. The summed E-state index contributed by atoms with van der Waals surface area (Å²) in [6, 6.07) is 7.66. The normalized spacial score (nSPS) is 17.6. The molecule has 1 aliphatic heterocycles. The molecule has 1 aromatic carbocycles. The van der Waals surface area contributed by atoms with E-state index in [1.54, 1.807) is 0 Å². The molecule has 2 heterocycles. The van der Waals surface area contributed by atoms with Gasteiger partial charge in [0.25, 0.3) is 0 Å². The van der Waals surface area contributed by atoms with Crippen molar-refractivity contribution < 1.29 is 4.92 Å². The van der Waals surface area contributed by atoms with Crippen molar-refractivity contribution in [1.29, 1.82) is 0 Å². The lowest BCUT2D eigenvalue weighted by Gasteiger charge is -2.31. The number of aromatic nitrogens is 2. The van der Waals surface area contributed by atoms with Gasteiger partial charge in [0.05, 0.1) is 4.92 Å². The van der Waals surface area contributed by atoms with Gasteiger partial charge in [0.1, 0.15) is 6.33 Å². The quantitative estimate of drug-likeness (QED) is 0.681. The van der Waals surface area contributed by atoms with Crippen molar-refractivity contribution >= 4 is 23.0 Å². The van der Waals surface area contributed by atoms with Gasteiger partial charge < -0.3 is 10.2 Å². The van der Waals surface area contributed by atoms with Crippen LogP contribution in [0.25, 0.3) is 0 Å². The van der Waals surface area contributed by atoms with Crippen LogP contribution in [0.5, 0.6) is 0 Å². The standard InChI is InChI=1S/C17H21N5O2/c1-12-5-3-7-14(9-12)20-16-15(22(23)24)17(19-11-18-16)21-8-4-6-13(2)10-21/h3,5,7,9,11,13H,4,6,8,10H2,1-2H3,(H,18,19,20). The lowest BCUT2D eigenvalue weighted by atomic mass is 10.0. The highest BCUT2D eigenvalue weighted by molar-refractivity contribution is 5.74.